The molecule has 0 saturated carbocycles. The molecule has 0 spiro atoms. The van der Waals surface area contributed by atoms with Gasteiger partial charge in [-0.05, 0) is 26.0 Å². The summed E-state index contributed by atoms with van der Waals surface area (Å²) in [4.78, 5) is 19.5. The molecule has 1 amide bonds. The highest BCUT2D eigenvalue weighted by molar-refractivity contribution is 7.92. The summed E-state index contributed by atoms with van der Waals surface area (Å²) in [6.45, 7) is 2.92. The Labute approximate surface area is 140 Å². The molecular weight excluding hydrogens is 332 g/mol. The van der Waals surface area contributed by atoms with E-state index in [1.54, 1.807) is 25.1 Å². The number of rotatable bonds is 6. The first kappa shape index (κ1) is 17.7. The van der Waals surface area contributed by atoms with E-state index >= 15 is 0 Å². The molecule has 0 saturated heterocycles. The molecule has 1 aromatic carbocycles. The van der Waals surface area contributed by atoms with Gasteiger partial charge in [0.25, 0.3) is 10.0 Å². The van der Waals surface area contributed by atoms with Gasteiger partial charge < -0.3 is 10.5 Å². The second-order valence-electron chi connectivity index (χ2n) is 5.14. The van der Waals surface area contributed by atoms with Crippen LogP contribution >= 0.6 is 0 Å². The standard InChI is InChI=1S/C15H18N4O4S/c1-10-4-6-12(7-5-10)24(21,22)19(9-13(16)20)15-17-11(2)8-14(18-15)23-3/h4-8H,9H2,1-3H3,(H2,16,20). The number of nitrogens with two attached hydrogens (primary N) is 1. The van der Waals surface area contributed by atoms with Gasteiger partial charge in [-0.25, -0.2) is 17.7 Å². The van der Waals surface area contributed by atoms with Crippen LogP contribution in [0, 0.1) is 13.8 Å². The van der Waals surface area contributed by atoms with Crippen molar-refractivity contribution in [3.63, 3.8) is 0 Å². The predicted molar refractivity (Wildman–Crippen MR) is 88.2 cm³/mol. The quantitative estimate of drug-likeness (QED) is 0.823. The Morgan fingerprint density at radius 2 is 1.83 bits per heavy atom. The molecule has 0 aliphatic rings. The van der Waals surface area contributed by atoms with E-state index < -0.39 is 22.5 Å². The normalized spacial score (nSPS) is 11.1. The minimum Gasteiger partial charge on any atom is -0.481 e. The topological polar surface area (TPSA) is 115 Å². The zero-order valence-corrected chi connectivity index (χ0v) is 14.4. The van der Waals surface area contributed by atoms with Crippen molar-refractivity contribution in [1.29, 1.82) is 0 Å². The molecule has 2 rings (SSSR count). The number of amides is 1. The van der Waals surface area contributed by atoms with Crippen molar-refractivity contribution in [3.8, 4) is 5.88 Å². The fourth-order valence-corrected chi connectivity index (χ4v) is 3.31. The first-order chi connectivity index (χ1) is 11.2. The number of carbonyl (C=O) groups excluding carboxylic acids is 1. The van der Waals surface area contributed by atoms with Crippen LogP contribution in [0.1, 0.15) is 11.3 Å². The van der Waals surface area contributed by atoms with Crippen LogP contribution in [0.5, 0.6) is 5.88 Å². The van der Waals surface area contributed by atoms with Gasteiger partial charge in [0, 0.05) is 11.8 Å². The van der Waals surface area contributed by atoms with Gasteiger partial charge >= 0.3 is 0 Å². The zero-order chi connectivity index (χ0) is 17.9. The summed E-state index contributed by atoms with van der Waals surface area (Å²) in [5.74, 6) is -0.813. The van der Waals surface area contributed by atoms with E-state index in [2.05, 4.69) is 9.97 Å². The number of benzene rings is 1. The number of primary amides is 1. The summed E-state index contributed by atoms with van der Waals surface area (Å²) < 4.78 is 31.6. The SMILES string of the molecule is COc1cc(C)nc(N(CC(N)=O)S(=O)(=O)c2ccc(C)cc2)n1. The van der Waals surface area contributed by atoms with Crippen LogP contribution in [0.2, 0.25) is 0 Å². The molecule has 0 fully saturated rings. The highest BCUT2D eigenvalue weighted by atomic mass is 32.2. The average molecular weight is 350 g/mol. The molecule has 0 atom stereocenters. The van der Waals surface area contributed by atoms with Gasteiger partial charge in [0.2, 0.25) is 17.7 Å². The lowest BCUT2D eigenvalue weighted by molar-refractivity contribution is -0.116. The number of methoxy groups -OCH3 is 1. The van der Waals surface area contributed by atoms with E-state index in [-0.39, 0.29) is 16.7 Å². The number of aromatic nitrogens is 2. The number of nitrogens with zero attached hydrogens (tertiary/aromatic N) is 3. The summed E-state index contributed by atoms with van der Waals surface area (Å²) in [7, 11) is -2.65. The van der Waals surface area contributed by atoms with Crippen molar-refractivity contribution in [1.82, 2.24) is 9.97 Å². The van der Waals surface area contributed by atoms with Crippen molar-refractivity contribution in [2.75, 3.05) is 18.0 Å². The maximum atomic E-state index is 12.9. The molecule has 8 nitrogen and oxygen atoms in total. The lowest BCUT2D eigenvalue weighted by Gasteiger charge is -2.21. The second-order valence-corrected chi connectivity index (χ2v) is 7.01. The third-order valence-electron chi connectivity index (χ3n) is 3.16. The van der Waals surface area contributed by atoms with Crippen LogP contribution in [0.4, 0.5) is 5.95 Å². The van der Waals surface area contributed by atoms with E-state index in [0.717, 1.165) is 9.87 Å². The Morgan fingerprint density at radius 3 is 2.38 bits per heavy atom. The van der Waals surface area contributed by atoms with Gasteiger partial charge in [0.05, 0.1) is 12.0 Å². The van der Waals surface area contributed by atoms with Crippen LogP contribution in [0.25, 0.3) is 0 Å². The van der Waals surface area contributed by atoms with Crippen LogP contribution < -0.4 is 14.8 Å². The minimum absolute atomic E-state index is 0.0124. The van der Waals surface area contributed by atoms with E-state index in [9.17, 15) is 13.2 Å². The Kier molecular flexibility index (Phi) is 5.03. The highest BCUT2D eigenvalue weighted by Crippen LogP contribution is 2.23. The van der Waals surface area contributed by atoms with Gasteiger partial charge in [-0.3, -0.25) is 4.79 Å². The number of sulfonamides is 1. The van der Waals surface area contributed by atoms with Crippen molar-refractivity contribution in [3.05, 3.63) is 41.6 Å². The monoisotopic (exact) mass is 350 g/mol. The number of ether oxygens (including phenoxy) is 1. The molecule has 24 heavy (non-hydrogen) atoms. The molecule has 2 N–H and O–H groups in total. The summed E-state index contributed by atoms with van der Waals surface area (Å²) in [5, 5.41) is 0. The second kappa shape index (κ2) is 6.83. The van der Waals surface area contributed by atoms with Crippen molar-refractivity contribution in [2.45, 2.75) is 18.7 Å². The Hall–Kier alpha value is -2.68. The summed E-state index contributed by atoms with van der Waals surface area (Å²) in [5.41, 5.74) is 6.60. The predicted octanol–water partition coefficient (Wildman–Crippen LogP) is 0.783. The number of aryl methyl sites for hydroxylation is 2. The zero-order valence-electron chi connectivity index (χ0n) is 13.6. The van der Waals surface area contributed by atoms with Crippen molar-refractivity contribution >= 4 is 21.9 Å². The van der Waals surface area contributed by atoms with Crippen LogP contribution in [0.3, 0.4) is 0 Å². The Bertz CT molecular complexity index is 850. The fraction of sp³-hybridized carbons (Fsp3) is 0.267. The lowest BCUT2D eigenvalue weighted by atomic mass is 10.2. The summed E-state index contributed by atoms with van der Waals surface area (Å²) in [6.07, 6.45) is 0. The van der Waals surface area contributed by atoms with Gasteiger partial charge in [-0.1, -0.05) is 17.7 Å². The van der Waals surface area contributed by atoms with Crippen LogP contribution in [0.15, 0.2) is 35.2 Å². The lowest BCUT2D eigenvalue weighted by Crippen LogP contribution is -2.39. The minimum atomic E-state index is -4.06. The average Bonchev–Trinajstić information content (AvgIpc) is 2.52. The molecule has 128 valence electrons. The molecule has 0 aliphatic heterocycles. The number of carbonyl (C=O) groups is 1. The van der Waals surface area contributed by atoms with E-state index in [0.29, 0.717) is 5.69 Å². The van der Waals surface area contributed by atoms with Crippen molar-refractivity contribution < 1.29 is 17.9 Å². The smallest absolute Gasteiger partial charge is 0.267 e. The van der Waals surface area contributed by atoms with E-state index in [4.69, 9.17) is 10.5 Å². The third-order valence-corrected chi connectivity index (χ3v) is 4.90. The molecule has 0 aliphatic carbocycles. The van der Waals surface area contributed by atoms with Gasteiger partial charge in [-0.15, -0.1) is 0 Å². The van der Waals surface area contributed by atoms with Crippen LogP contribution in [-0.4, -0.2) is 37.9 Å². The van der Waals surface area contributed by atoms with Crippen LogP contribution in [-0.2, 0) is 14.8 Å². The maximum Gasteiger partial charge on any atom is 0.267 e. The molecular formula is C15H18N4O4S. The largest absolute Gasteiger partial charge is 0.481 e. The summed E-state index contributed by atoms with van der Waals surface area (Å²) in [6, 6.07) is 7.77. The van der Waals surface area contributed by atoms with E-state index in [1.807, 2.05) is 6.92 Å². The Balaban J connectivity index is 2.58. The Morgan fingerprint density at radius 1 is 1.21 bits per heavy atom. The molecule has 0 radical (unpaired) electrons. The fourth-order valence-electron chi connectivity index (χ4n) is 1.98. The first-order valence-corrected chi connectivity index (χ1v) is 8.45. The number of hydrogen-bond acceptors (Lipinski definition) is 6. The maximum absolute atomic E-state index is 12.9. The number of anilines is 1. The highest BCUT2D eigenvalue weighted by Gasteiger charge is 2.29. The number of hydrogen-bond donors (Lipinski definition) is 1. The van der Waals surface area contributed by atoms with E-state index in [1.165, 1.54) is 19.2 Å². The molecule has 9 heteroatoms. The molecule has 0 bridgehead atoms. The molecule has 1 heterocycles. The van der Waals surface area contributed by atoms with Gasteiger partial charge in [0.1, 0.15) is 6.54 Å². The van der Waals surface area contributed by atoms with Gasteiger partial charge in [0.15, 0.2) is 0 Å². The van der Waals surface area contributed by atoms with Gasteiger partial charge in [-0.2, -0.15) is 4.98 Å². The molecule has 2 aromatic rings. The first-order valence-electron chi connectivity index (χ1n) is 7.01. The molecule has 1 aromatic heterocycles. The third kappa shape index (κ3) is 3.80. The molecule has 0 unspecified atom stereocenters. The van der Waals surface area contributed by atoms with Crippen molar-refractivity contribution in [2.24, 2.45) is 5.73 Å². The summed E-state index contributed by atoms with van der Waals surface area (Å²) >= 11 is 0.